The Hall–Kier alpha value is -3.26. The first kappa shape index (κ1) is 30.8. The van der Waals surface area contributed by atoms with E-state index in [2.05, 4.69) is 5.32 Å². The summed E-state index contributed by atoms with van der Waals surface area (Å²) in [7, 11) is 3.55. The molecule has 1 heterocycles. The minimum absolute atomic E-state index is 0.146. The number of primary amides is 1. The molecule has 14 heteroatoms. The van der Waals surface area contributed by atoms with Gasteiger partial charge in [-0.1, -0.05) is 0 Å². The summed E-state index contributed by atoms with van der Waals surface area (Å²) in [4.78, 5) is 78.9. The third-order valence-electron chi connectivity index (χ3n) is 5.53. The lowest BCUT2D eigenvalue weighted by Gasteiger charge is -2.32. The number of carbonyl (C=O) groups is 6. The molecular formula is C22H39N7O7. The van der Waals surface area contributed by atoms with Crippen molar-refractivity contribution < 1.29 is 33.5 Å². The molecule has 1 aliphatic rings. The topological polar surface area (TPSA) is 189 Å². The number of piperidine rings is 1. The number of urea groups is 2. The van der Waals surface area contributed by atoms with Crippen LogP contribution in [0, 0.1) is 0 Å². The van der Waals surface area contributed by atoms with E-state index in [4.69, 9.17) is 16.2 Å². The number of ether oxygens (including phenoxy) is 1. The summed E-state index contributed by atoms with van der Waals surface area (Å²) in [5, 5.41) is 2.30. The van der Waals surface area contributed by atoms with E-state index in [9.17, 15) is 28.8 Å². The van der Waals surface area contributed by atoms with Crippen LogP contribution in [0.25, 0.3) is 0 Å². The molecule has 0 aromatic carbocycles. The summed E-state index contributed by atoms with van der Waals surface area (Å²) in [6.45, 7) is 5.43. The molecule has 0 unspecified atom stereocenters. The van der Waals surface area contributed by atoms with Gasteiger partial charge in [0.15, 0.2) is 6.04 Å². The molecular weight excluding hydrogens is 474 g/mol. The van der Waals surface area contributed by atoms with Gasteiger partial charge in [0, 0.05) is 34.2 Å². The highest BCUT2D eigenvalue weighted by Gasteiger charge is 2.37. The lowest BCUT2D eigenvalue weighted by Crippen LogP contribution is -2.61. The maximum Gasteiger partial charge on any atom is 0.324 e. The van der Waals surface area contributed by atoms with Gasteiger partial charge in [-0.2, -0.15) is 0 Å². The molecule has 0 aromatic heterocycles. The number of amides is 8. The highest BCUT2D eigenvalue weighted by molar-refractivity contribution is 6.09. The zero-order valence-electron chi connectivity index (χ0n) is 21.9. The predicted octanol–water partition coefficient (Wildman–Crippen LogP) is -1.33. The molecule has 14 nitrogen and oxygen atoms in total. The first-order chi connectivity index (χ1) is 16.6. The predicted molar refractivity (Wildman–Crippen MR) is 129 cm³/mol. The van der Waals surface area contributed by atoms with Gasteiger partial charge in [0.05, 0.1) is 18.8 Å². The molecule has 0 bridgehead atoms. The first-order valence-corrected chi connectivity index (χ1v) is 11.6. The van der Waals surface area contributed by atoms with E-state index in [1.165, 1.54) is 11.9 Å². The van der Waals surface area contributed by atoms with Crippen molar-refractivity contribution in [1.29, 1.82) is 0 Å². The van der Waals surface area contributed by atoms with E-state index < -0.39 is 59.9 Å². The van der Waals surface area contributed by atoms with Crippen LogP contribution >= 0.6 is 0 Å². The molecule has 8 amide bonds. The molecule has 0 spiro atoms. The summed E-state index contributed by atoms with van der Waals surface area (Å²) < 4.78 is 5.49. The second-order valence-electron chi connectivity index (χ2n) is 9.68. The third-order valence-corrected chi connectivity index (χ3v) is 5.53. The van der Waals surface area contributed by atoms with Crippen molar-refractivity contribution in [3.63, 3.8) is 0 Å². The van der Waals surface area contributed by atoms with Crippen LogP contribution in [0.5, 0.6) is 0 Å². The van der Waals surface area contributed by atoms with Gasteiger partial charge in [0.1, 0.15) is 6.04 Å². The fraction of sp³-hybridized carbons (Fsp3) is 0.727. The monoisotopic (exact) mass is 513 g/mol. The van der Waals surface area contributed by atoms with Gasteiger partial charge in [0.25, 0.3) is 11.8 Å². The van der Waals surface area contributed by atoms with E-state index in [0.717, 1.165) is 38.3 Å². The molecule has 0 aliphatic carbocycles. The minimum atomic E-state index is -1.70. The lowest BCUT2D eigenvalue weighted by atomic mass is 10.1. The van der Waals surface area contributed by atoms with Crippen LogP contribution in [0.4, 0.5) is 9.59 Å². The minimum Gasteiger partial charge on any atom is -0.374 e. The van der Waals surface area contributed by atoms with Crippen LogP contribution in [-0.2, 0) is 23.9 Å². The van der Waals surface area contributed by atoms with Crippen molar-refractivity contribution in [3.8, 4) is 0 Å². The van der Waals surface area contributed by atoms with Crippen LogP contribution in [0.3, 0.4) is 0 Å². The van der Waals surface area contributed by atoms with Crippen LogP contribution in [0.2, 0.25) is 0 Å². The second-order valence-corrected chi connectivity index (χ2v) is 9.68. The van der Waals surface area contributed by atoms with Crippen molar-refractivity contribution in [2.24, 2.45) is 11.5 Å². The highest BCUT2D eigenvalue weighted by atomic mass is 16.5. The molecule has 1 rings (SSSR count). The van der Waals surface area contributed by atoms with Crippen LogP contribution in [-0.4, -0.2) is 120 Å². The van der Waals surface area contributed by atoms with Crippen LogP contribution in [0.15, 0.2) is 0 Å². The van der Waals surface area contributed by atoms with E-state index in [-0.39, 0.29) is 6.61 Å². The second kappa shape index (κ2) is 13.2. The number of likely N-dealkylation sites (tertiary alicyclic amines) is 1. The summed E-state index contributed by atoms with van der Waals surface area (Å²) in [6.07, 6.45) is 2.40. The Kier molecular flexibility index (Phi) is 11.2. The number of hydrogen-bond acceptors (Lipinski definition) is 8. The number of carbonyl (C=O) groups excluding carboxylic acids is 6. The van der Waals surface area contributed by atoms with Gasteiger partial charge in [-0.15, -0.1) is 0 Å². The van der Waals surface area contributed by atoms with Gasteiger partial charge in [-0.05, 0) is 40.0 Å². The Morgan fingerprint density at radius 2 is 1.50 bits per heavy atom. The molecule has 0 aromatic rings. The van der Waals surface area contributed by atoms with Crippen molar-refractivity contribution >= 4 is 35.7 Å². The fourth-order valence-electron chi connectivity index (χ4n) is 3.24. The average molecular weight is 514 g/mol. The number of imide groups is 2. The molecule has 1 fully saturated rings. The van der Waals surface area contributed by atoms with Crippen molar-refractivity contribution in [3.05, 3.63) is 0 Å². The van der Waals surface area contributed by atoms with Gasteiger partial charge in [-0.3, -0.25) is 29.0 Å². The Labute approximate surface area is 211 Å². The first-order valence-electron chi connectivity index (χ1n) is 11.6. The number of nitrogens with two attached hydrogens (primary N) is 2. The van der Waals surface area contributed by atoms with Crippen molar-refractivity contribution in [1.82, 2.24) is 24.9 Å². The molecule has 204 valence electrons. The average Bonchev–Trinajstić information content (AvgIpc) is 2.83. The number of nitrogens with one attached hydrogen (secondary N) is 1. The Bertz CT molecular complexity index is 852. The van der Waals surface area contributed by atoms with Gasteiger partial charge in [-0.25, -0.2) is 9.59 Å². The van der Waals surface area contributed by atoms with E-state index in [0.29, 0.717) is 22.9 Å². The molecule has 1 aliphatic heterocycles. The number of rotatable bonds is 8. The molecule has 36 heavy (non-hydrogen) atoms. The number of nitrogens with zero attached hydrogens (tertiary/aromatic N) is 4. The Balaban J connectivity index is 3.03. The van der Waals surface area contributed by atoms with Gasteiger partial charge < -0.3 is 31.3 Å². The zero-order valence-corrected chi connectivity index (χ0v) is 21.9. The summed E-state index contributed by atoms with van der Waals surface area (Å²) >= 11 is 0. The number of hydrogen-bond donors (Lipinski definition) is 3. The zero-order chi connectivity index (χ0) is 27.8. The Morgan fingerprint density at radius 3 is 2.00 bits per heavy atom. The third kappa shape index (κ3) is 9.07. The highest BCUT2D eigenvalue weighted by Crippen LogP contribution is 2.12. The maximum absolute atomic E-state index is 13.2. The maximum atomic E-state index is 13.2. The molecule has 0 radical (unpaired) electrons. The smallest absolute Gasteiger partial charge is 0.324 e. The fourth-order valence-corrected chi connectivity index (χ4v) is 3.24. The largest absolute Gasteiger partial charge is 0.374 e. The normalized spacial score (nSPS) is 15.4. The lowest BCUT2D eigenvalue weighted by molar-refractivity contribution is -0.146. The van der Waals surface area contributed by atoms with E-state index >= 15 is 0 Å². The Morgan fingerprint density at radius 1 is 0.944 bits per heavy atom. The molecule has 0 saturated carbocycles. The quantitative estimate of drug-likeness (QED) is 0.333. The van der Waals surface area contributed by atoms with Gasteiger partial charge >= 0.3 is 12.1 Å². The van der Waals surface area contributed by atoms with Crippen LogP contribution in [0.1, 0.15) is 40.0 Å². The summed E-state index contributed by atoms with van der Waals surface area (Å²) in [5.41, 5.74) is 10.4. The molecule has 1 saturated heterocycles. The van der Waals surface area contributed by atoms with E-state index in [1.54, 1.807) is 20.8 Å². The summed E-state index contributed by atoms with van der Waals surface area (Å²) in [5.74, 6) is -3.13. The summed E-state index contributed by atoms with van der Waals surface area (Å²) in [6, 6.07) is -4.90. The SMILES string of the molecule is CN(CC(=O)N(C)C(N)=O)C(=O)[C@H](NC(=O)N(C)C(=O)[C@@H](N)COC(C)(C)C)C(=O)N1CCCCC1. The standard InChI is InChI=1S/C22H39N7O7/c1-22(2,3)36-13-14(23)17(31)28(6)21(35)25-16(19(33)29-10-8-7-9-11-29)18(32)26(4)12-15(30)27(5)20(24)34/h14,16H,7-13,23H2,1-6H3,(H2,24,34)(H,25,35)/t14-,16-/m0/s1. The van der Waals surface area contributed by atoms with E-state index in [1.807, 2.05) is 0 Å². The molecule has 2 atom stereocenters. The van der Waals surface area contributed by atoms with Crippen molar-refractivity contribution in [2.75, 3.05) is 47.4 Å². The van der Waals surface area contributed by atoms with Crippen LogP contribution < -0.4 is 16.8 Å². The number of likely N-dealkylation sites (N-methyl/N-ethyl adjacent to an activating group) is 3. The van der Waals surface area contributed by atoms with Crippen molar-refractivity contribution in [2.45, 2.75) is 57.7 Å². The van der Waals surface area contributed by atoms with Gasteiger partial charge in [0.2, 0.25) is 11.8 Å². The molecule has 5 N–H and O–H groups in total.